The molecule has 8 heteroatoms. The summed E-state index contributed by atoms with van der Waals surface area (Å²) in [6.07, 6.45) is 3.36. The Morgan fingerprint density at radius 3 is 2.69 bits per heavy atom. The van der Waals surface area contributed by atoms with Crippen LogP contribution in [-0.4, -0.2) is 51.8 Å². The standard InChI is InChI=1S/C24H27N3O3S2/c1-4-30-23(29)16-9-11-26(12-10-16)21-18(13-17-7-5-6-8-19(17)25-21)14-20-22(28)27(15(2)3)24(31)32-20/h5-8,13-16H,4,9-12H2,1-3H3/b20-14-. The Morgan fingerprint density at radius 2 is 2.03 bits per heavy atom. The zero-order valence-electron chi connectivity index (χ0n) is 18.5. The molecule has 2 fully saturated rings. The number of thioether (sulfide) groups is 1. The number of fused-ring (bicyclic) bond motifs is 1. The van der Waals surface area contributed by atoms with Crippen LogP contribution in [0.2, 0.25) is 0 Å². The number of aromatic nitrogens is 1. The van der Waals surface area contributed by atoms with Crippen molar-refractivity contribution in [3.8, 4) is 0 Å². The maximum atomic E-state index is 13.0. The van der Waals surface area contributed by atoms with Gasteiger partial charge >= 0.3 is 5.97 Å². The molecule has 0 bridgehead atoms. The number of pyridine rings is 1. The van der Waals surface area contributed by atoms with Gasteiger partial charge in [-0.25, -0.2) is 4.98 Å². The van der Waals surface area contributed by atoms with E-state index < -0.39 is 0 Å². The Kier molecular flexibility index (Phi) is 6.81. The molecule has 0 unspecified atom stereocenters. The molecule has 1 amide bonds. The molecule has 168 valence electrons. The van der Waals surface area contributed by atoms with Gasteiger partial charge in [-0.15, -0.1) is 0 Å². The minimum Gasteiger partial charge on any atom is -0.466 e. The van der Waals surface area contributed by atoms with E-state index in [1.165, 1.54) is 11.8 Å². The van der Waals surface area contributed by atoms with Gasteiger partial charge in [0.1, 0.15) is 10.1 Å². The molecule has 0 aliphatic carbocycles. The highest BCUT2D eigenvalue weighted by Gasteiger charge is 2.34. The van der Waals surface area contributed by atoms with E-state index >= 15 is 0 Å². The third kappa shape index (κ3) is 4.52. The lowest BCUT2D eigenvalue weighted by molar-refractivity contribution is -0.148. The van der Waals surface area contributed by atoms with Crippen LogP contribution in [0.5, 0.6) is 0 Å². The summed E-state index contributed by atoms with van der Waals surface area (Å²) in [7, 11) is 0. The lowest BCUT2D eigenvalue weighted by Gasteiger charge is -2.32. The maximum Gasteiger partial charge on any atom is 0.309 e. The van der Waals surface area contributed by atoms with Crippen molar-refractivity contribution in [2.24, 2.45) is 5.92 Å². The summed E-state index contributed by atoms with van der Waals surface area (Å²) in [5, 5.41) is 1.02. The molecule has 2 saturated heterocycles. The van der Waals surface area contributed by atoms with Crippen molar-refractivity contribution in [1.29, 1.82) is 0 Å². The predicted molar refractivity (Wildman–Crippen MR) is 133 cm³/mol. The fourth-order valence-corrected chi connectivity index (χ4v) is 5.65. The number of amides is 1. The number of hydrogen-bond acceptors (Lipinski definition) is 7. The zero-order valence-corrected chi connectivity index (χ0v) is 20.2. The zero-order chi connectivity index (χ0) is 22.8. The maximum absolute atomic E-state index is 13.0. The Bertz CT molecular complexity index is 1090. The van der Waals surface area contributed by atoms with E-state index in [1.807, 2.05) is 51.1 Å². The molecule has 0 N–H and O–H groups in total. The minimum atomic E-state index is -0.115. The smallest absolute Gasteiger partial charge is 0.309 e. The molecule has 0 spiro atoms. The Balaban J connectivity index is 1.67. The van der Waals surface area contributed by atoms with Crippen molar-refractivity contribution in [2.45, 2.75) is 39.7 Å². The third-order valence-corrected chi connectivity index (χ3v) is 7.10. The lowest BCUT2D eigenvalue weighted by Crippen LogP contribution is -2.37. The molecule has 6 nitrogen and oxygen atoms in total. The van der Waals surface area contributed by atoms with Crippen LogP contribution >= 0.6 is 24.0 Å². The van der Waals surface area contributed by atoms with Crippen LogP contribution in [0.3, 0.4) is 0 Å². The fourth-order valence-electron chi connectivity index (χ4n) is 4.14. The molecule has 3 heterocycles. The molecule has 32 heavy (non-hydrogen) atoms. The van der Waals surface area contributed by atoms with Crippen LogP contribution in [-0.2, 0) is 14.3 Å². The summed E-state index contributed by atoms with van der Waals surface area (Å²) in [5.74, 6) is 0.588. The largest absolute Gasteiger partial charge is 0.466 e. The number of ether oxygens (including phenoxy) is 1. The Hall–Kier alpha value is -2.45. The molecule has 2 aliphatic heterocycles. The van der Waals surface area contributed by atoms with Gasteiger partial charge in [0.25, 0.3) is 5.91 Å². The number of carbonyl (C=O) groups excluding carboxylic acids is 2. The number of nitrogens with zero attached hydrogens (tertiary/aromatic N) is 3. The third-order valence-electron chi connectivity index (χ3n) is 5.77. The molecule has 0 radical (unpaired) electrons. The van der Waals surface area contributed by atoms with E-state index in [1.54, 1.807) is 4.90 Å². The first-order valence-electron chi connectivity index (χ1n) is 11.0. The summed E-state index contributed by atoms with van der Waals surface area (Å²) < 4.78 is 5.79. The van der Waals surface area contributed by atoms with Crippen molar-refractivity contribution in [1.82, 2.24) is 9.88 Å². The lowest BCUT2D eigenvalue weighted by atomic mass is 9.96. The number of para-hydroxylation sites is 1. The van der Waals surface area contributed by atoms with Crippen molar-refractivity contribution >= 4 is 63.0 Å². The highest BCUT2D eigenvalue weighted by atomic mass is 32.2. The number of esters is 1. The average Bonchev–Trinajstić information content (AvgIpc) is 3.06. The van der Waals surface area contributed by atoms with Crippen molar-refractivity contribution in [3.63, 3.8) is 0 Å². The second-order valence-electron chi connectivity index (χ2n) is 8.25. The fraction of sp³-hybridized carbons (Fsp3) is 0.417. The summed E-state index contributed by atoms with van der Waals surface area (Å²) >= 11 is 6.78. The number of rotatable bonds is 5. The highest BCUT2D eigenvalue weighted by Crippen LogP contribution is 2.36. The number of carbonyl (C=O) groups is 2. The van der Waals surface area contributed by atoms with Gasteiger partial charge < -0.3 is 9.64 Å². The van der Waals surface area contributed by atoms with Crippen molar-refractivity contribution < 1.29 is 14.3 Å². The van der Waals surface area contributed by atoms with E-state index in [0.717, 1.165) is 35.1 Å². The molecule has 2 aromatic rings. The number of hydrogen-bond donors (Lipinski definition) is 0. The molecular weight excluding hydrogens is 442 g/mol. The quantitative estimate of drug-likeness (QED) is 0.360. The minimum absolute atomic E-state index is 0.0181. The van der Waals surface area contributed by atoms with E-state index in [0.29, 0.717) is 28.9 Å². The Labute approximate surface area is 198 Å². The number of piperidine rings is 1. The summed E-state index contributed by atoms with van der Waals surface area (Å²) in [6.45, 7) is 7.59. The van der Waals surface area contributed by atoms with Crippen molar-refractivity contribution in [2.75, 3.05) is 24.6 Å². The molecule has 4 rings (SSSR count). The van der Waals surface area contributed by atoms with Crippen LogP contribution in [0, 0.1) is 5.92 Å². The first-order valence-corrected chi connectivity index (χ1v) is 12.2. The molecule has 0 atom stereocenters. The van der Waals surface area contributed by atoms with Gasteiger partial charge in [-0.3, -0.25) is 14.5 Å². The van der Waals surface area contributed by atoms with Gasteiger partial charge in [0.05, 0.1) is 22.9 Å². The average molecular weight is 470 g/mol. The first-order chi connectivity index (χ1) is 15.4. The van der Waals surface area contributed by atoms with E-state index in [9.17, 15) is 9.59 Å². The monoisotopic (exact) mass is 469 g/mol. The predicted octanol–water partition coefficient (Wildman–Crippen LogP) is 4.62. The van der Waals surface area contributed by atoms with Crippen LogP contribution in [0.15, 0.2) is 35.2 Å². The van der Waals surface area contributed by atoms with Gasteiger partial charge in [-0.2, -0.15) is 0 Å². The SMILES string of the molecule is CCOC(=O)C1CCN(c2nc3ccccc3cc2/C=C2\SC(=S)N(C(C)C)C2=O)CC1. The van der Waals surface area contributed by atoms with Gasteiger partial charge in [-0.1, -0.05) is 42.2 Å². The van der Waals surface area contributed by atoms with E-state index in [-0.39, 0.29) is 23.8 Å². The van der Waals surface area contributed by atoms with Crippen LogP contribution < -0.4 is 4.90 Å². The molecule has 1 aromatic heterocycles. The van der Waals surface area contributed by atoms with Crippen LogP contribution in [0.25, 0.3) is 17.0 Å². The molecule has 1 aromatic carbocycles. The van der Waals surface area contributed by atoms with Gasteiger partial charge in [0.2, 0.25) is 0 Å². The second-order valence-corrected chi connectivity index (χ2v) is 9.93. The van der Waals surface area contributed by atoms with Gasteiger partial charge in [0, 0.05) is 30.1 Å². The summed E-state index contributed by atoms with van der Waals surface area (Å²) in [4.78, 5) is 34.5. The molecule has 2 aliphatic rings. The van der Waals surface area contributed by atoms with E-state index in [2.05, 4.69) is 11.0 Å². The van der Waals surface area contributed by atoms with Gasteiger partial charge in [0.15, 0.2) is 0 Å². The highest BCUT2D eigenvalue weighted by molar-refractivity contribution is 8.26. The normalized spacial score (nSPS) is 18.9. The number of benzene rings is 1. The topological polar surface area (TPSA) is 62.7 Å². The number of anilines is 1. The Morgan fingerprint density at radius 1 is 1.31 bits per heavy atom. The number of thiocarbonyl (C=S) groups is 1. The summed E-state index contributed by atoms with van der Waals surface area (Å²) in [6, 6.07) is 10.1. The van der Waals surface area contributed by atoms with Gasteiger partial charge in [-0.05, 0) is 51.8 Å². The van der Waals surface area contributed by atoms with Crippen LogP contribution in [0.4, 0.5) is 5.82 Å². The van der Waals surface area contributed by atoms with E-state index in [4.69, 9.17) is 21.9 Å². The first kappa shape index (κ1) is 22.7. The molecular formula is C24H27N3O3S2. The summed E-state index contributed by atoms with van der Waals surface area (Å²) in [5.41, 5.74) is 1.80. The second kappa shape index (κ2) is 9.58. The van der Waals surface area contributed by atoms with Crippen LogP contribution in [0.1, 0.15) is 39.2 Å². The van der Waals surface area contributed by atoms with Crippen molar-refractivity contribution in [3.05, 3.63) is 40.8 Å². The molecule has 0 saturated carbocycles.